The number of anilines is 1. The maximum Gasteiger partial charge on any atom is 0.333 e. The van der Waals surface area contributed by atoms with E-state index < -0.39 is 15.1 Å². The Hall–Kier alpha value is -1.50. The standard InChI is InChI=1S/C13H10Cl2FNO3S/c14-10-6-9(17)2-3-12(10)20-7-8-1-4-13(11(15)5-8)21(16,18)19/h1-6H,7,17H2. The van der Waals surface area contributed by atoms with E-state index in [1.807, 2.05) is 0 Å². The van der Waals surface area contributed by atoms with Crippen LogP contribution in [0.3, 0.4) is 0 Å². The molecule has 0 aliphatic carbocycles. The third-order valence-electron chi connectivity index (χ3n) is 2.61. The highest BCUT2D eigenvalue weighted by atomic mass is 35.5. The molecule has 2 N–H and O–H groups in total. The van der Waals surface area contributed by atoms with Crippen molar-refractivity contribution in [2.75, 3.05) is 5.73 Å². The quantitative estimate of drug-likeness (QED) is 0.672. The van der Waals surface area contributed by atoms with Crippen LogP contribution in [0.15, 0.2) is 41.3 Å². The molecular weight excluding hydrogens is 340 g/mol. The molecule has 0 heterocycles. The molecule has 0 saturated heterocycles. The van der Waals surface area contributed by atoms with Crippen molar-refractivity contribution in [3.63, 3.8) is 0 Å². The number of hydrogen-bond acceptors (Lipinski definition) is 4. The minimum atomic E-state index is -4.84. The zero-order chi connectivity index (χ0) is 15.6. The van der Waals surface area contributed by atoms with Crippen molar-refractivity contribution in [2.24, 2.45) is 0 Å². The van der Waals surface area contributed by atoms with Crippen LogP contribution in [0.2, 0.25) is 10.0 Å². The third-order valence-corrected chi connectivity index (χ3v) is 4.21. The molecule has 0 aliphatic heterocycles. The Morgan fingerprint density at radius 1 is 1.10 bits per heavy atom. The summed E-state index contributed by atoms with van der Waals surface area (Å²) in [5.41, 5.74) is 6.64. The highest BCUT2D eigenvalue weighted by Crippen LogP contribution is 2.28. The van der Waals surface area contributed by atoms with Gasteiger partial charge in [0.15, 0.2) is 0 Å². The lowest BCUT2D eigenvalue weighted by Gasteiger charge is -2.09. The summed E-state index contributed by atoms with van der Waals surface area (Å²) in [6, 6.07) is 8.60. The molecule has 0 bridgehead atoms. The van der Waals surface area contributed by atoms with E-state index in [0.717, 1.165) is 6.07 Å². The van der Waals surface area contributed by atoms with Crippen LogP contribution in [0, 0.1) is 0 Å². The molecule has 0 aliphatic rings. The number of benzene rings is 2. The van der Waals surface area contributed by atoms with E-state index in [1.54, 1.807) is 18.2 Å². The molecule has 2 rings (SSSR count). The van der Waals surface area contributed by atoms with Crippen molar-refractivity contribution in [3.8, 4) is 5.75 Å². The molecule has 0 unspecified atom stereocenters. The molecule has 0 amide bonds. The third kappa shape index (κ3) is 4.00. The predicted molar refractivity (Wildman–Crippen MR) is 79.9 cm³/mol. The summed E-state index contributed by atoms with van der Waals surface area (Å²) < 4.78 is 40.0. The van der Waals surface area contributed by atoms with Gasteiger partial charge in [0.2, 0.25) is 0 Å². The van der Waals surface area contributed by atoms with Gasteiger partial charge < -0.3 is 10.5 Å². The van der Waals surface area contributed by atoms with Gasteiger partial charge in [-0.05, 0) is 35.9 Å². The Balaban J connectivity index is 2.16. The maximum atomic E-state index is 12.9. The molecule has 0 atom stereocenters. The predicted octanol–water partition coefficient (Wildman–Crippen LogP) is 3.81. The topological polar surface area (TPSA) is 69.4 Å². The molecule has 112 valence electrons. The summed E-state index contributed by atoms with van der Waals surface area (Å²) in [5, 5.41) is 0.144. The van der Waals surface area contributed by atoms with Crippen LogP contribution >= 0.6 is 23.2 Å². The lowest BCUT2D eigenvalue weighted by Crippen LogP contribution is -1.99. The van der Waals surface area contributed by atoms with Crippen LogP contribution in [0.4, 0.5) is 9.57 Å². The zero-order valence-electron chi connectivity index (χ0n) is 10.5. The first-order valence-electron chi connectivity index (χ1n) is 5.68. The normalized spacial score (nSPS) is 11.4. The van der Waals surface area contributed by atoms with E-state index in [-0.39, 0.29) is 11.6 Å². The van der Waals surface area contributed by atoms with Crippen molar-refractivity contribution in [2.45, 2.75) is 11.5 Å². The van der Waals surface area contributed by atoms with Crippen LogP contribution < -0.4 is 10.5 Å². The Bertz CT molecular complexity index is 781. The van der Waals surface area contributed by atoms with Crippen molar-refractivity contribution >= 4 is 39.1 Å². The number of nitrogen functional groups attached to an aromatic ring is 1. The van der Waals surface area contributed by atoms with E-state index in [9.17, 15) is 12.3 Å². The summed E-state index contributed by atoms with van der Waals surface area (Å²) in [7, 11) is -4.84. The molecule has 0 fully saturated rings. The fourth-order valence-corrected chi connectivity index (χ4v) is 2.87. The summed E-state index contributed by atoms with van der Waals surface area (Å²) >= 11 is 11.7. The van der Waals surface area contributed by atoms with Gasteiger partial charge >= 0.3 is 10.2 Å². The van der Waals surface area contributed by atoms with Crippen molar-refractivity contribution < 1.29 is 17.0 Å². The zero-order valence-corrected chi connectivity index (χ0v) is 12.8. The molecule has 8 heteroatoms. The van der Waals surface area contributed by atoms with E-state index >= 15 is 0 Å². The van der Waals surface area contributed by atoms with E-state index in [0.29, 0.717) is 22.0 Å². The second kappa shape index (κ2) is 6.09. The monoisotopic (exact) mass is 349 g/mol. The van der Waals surface area contributed by atoms with Gasteiger partial charge in [-0.2, -0.15) is 8.42 Å². The number of nitrogens with two attached hydrogens (primary N) is 1. The number of ether oxygens (including phenoxy) is 1. The van der Waals surface area contributed by atoms with Gasteiger partial charge in [-0.25, -0.2) is 0 Å². The van der Waals surface area contributed by atoms with Crippen LogP contribution in [-0.4, -0.2) is 8.42 Å². The maximum absolute atomic E-state index is 12.9. The second-order valence-corrected chi connectivity index (χ2v) is 6.31. The minimum Gasteiger partial charge on any atom is -0.487 e. The van der Waals surface area contributed by atoms with Gasteiger partial charge in [-0.3, -0.25) is 0 Å². The molecule has 0 aromatic heterocycles. The van der Waals surface area contributed by atoms with Crippen molar-refractivity contribution in [1.29, 1.82) is 0 Å². The van der Waals surface area contributed by atoms with E-state index in [1.165, 1.54) is 12.1 Å². The molecular formula is C13H10Cl2FNO3S. The molecule has 0 spiro atoms. The van der Waals surface area contributed by atoms with Gasteiger partial charge in [-0.15, -0.1) is 3.89 Å². The molecule has 21 heavy (non-hydrogen) atoms. The molecule has 0 saturated carbocycles. The van der Waals surface area contributed by atoms with E-state index in [4.69, 9.17) is 33.7 Å². The van der Waals surface area contributed by atoms with Crippen LogP contribution in [0.1, 0.15) is 5.56 Å². The van der Waals surface area contributed by atoms with Crippen LogP contribution in [-0.2, 0) is 16.8 Å². The summed E-state index contributed by atoms with van der Waals surface area (Å²) in [5.74, 6) is 0.421. The lowest BCUT2D eigenvalue weighted by atomic mass is 10.2. The summed E-state index contributed by atoms with van der Waals surface area (Å²) in [6.07, 6.45) is 0. The van der Waals surface area contributed by atoms with Gasteiger partial charge in [0, 0.05) is 5.69 Å². The fourth-order valence-electron chi connectivity index (χ4n) is 1.63. The van der Waals surface area contributed by atoms with Gasteiger partial charge in [-0.1, -0.05) is 29.3 Å². The largest absolute Gasteiger partial charge is 0.487 e. The fraction of sp³-hybridized carbons (Fsp3) is 0.0769. The first-order chi connectivity index (χ1) is 9.77. The number of halogens is 3. The summed E-state index contributed by atoms with van der Waals surface area (Å²) in [6.45, 7) is 0.0932. The van der Waals surface area contributed by atoms with Crippen molar-refractivity contribution in [1.82, 2.24) is 0 Å². The van der Waals surface area contributed by atoms with Crippen LogP contribution in [0.25, 0.3) is 0 Å². The Morgan fingerprint density at radius 3 is 2.38 bits per heavy atom. The Labute approximate surface area is 131 Å². The number of hydrogen-bond donors (Lipinski definition) is 1. The van der Waals surface area contributed by atoms with Crippen molar-refractivity contribution in [3.05, 3.63) is 52.0 Å². The summed E-state index contributed by atoms with van der Waals surface area (Å²) in [4.78, 5) is -0.571. The Morgan fingerprint density at radius 2 is 1.81 bits per heavy atom. The smallest absolute Gasteiger partial charge is 0.333 e. The highest BCUT2D eigenvalue weighted by molar-refractivity contribution is 7.86. The first-order valence-corrected chi connectivity index (χ1v) is 7.82. The SMILES string of the molecule is Nc1ccc(OCc2ccc(S(=O)(=O)F)c(Cl)c2)c(Cl)c1. The molecule has 4 nitrogen and oxygen atoms in total. The average Bonchev–Trinajstić information content (AvgIpc) is 2.36. The average molecular weight is 350 g/mol. The highest BCUT2D eigenvalue weighted by Gasteiger charge is 2.16. The first kappa shape index (κ1) is 15.9. The number of rotatable bonds is 4. The Kier molecular flexibility index (Phi) is 4.61. The van der Waals surface area contributed by atoms with Crippen LogP contribution in [0.5, 0.6) is 5.75 Å². The molecule has 0 radical (unpaired) electrons. The van der Waals surface area contributed by atoms with Gasteiger partial charge in [0.1, 0.15) is 17.3 Å². The van der Waals surface area contributed by atoms with Gasteiger partial charge in [0.25, 0.3) is 0 Å². The molecule has 2 aromatic rings. The van der Waals surface area contributed by atoms with E-state index in [2.05, 4.69) is 0 Å². The van der Waals surface area contributed by atoms with Gasteiger partial charge in [0.05, 0.1) is 10.0 Å². The second-order valence-electron chi connectivity index (χ2n) is 4.18. The lowest BCUT2D eigenvalue weighted by molar-refractivity contribution is 0.306. The molecule has 2 aromatic carbocycles. The minimum absolute atomic E-state index is 0.0932.